The molecule has 0 saturated heterocycles. The third-order valence-electron chi connectivity index (χ3n) is 18.3. The van der Waals surface area contributed by atoms with Crippen molar-refractivity contribution in [1.82, 2.24) is 0 Å². The van der Waals surface area contributed by atoms with E-state index in [-0.39, 0.29) is 17.6 Å². The second-order valence-corrected chi connectivity index (χ2v) is 29.3. The maximum absolute atomic E-state index is 12.0. The van der Waals surface area contributed by atoms with Gasteiger partial charge in [-0.15, -0.1) is 0 Å². The van der Waals surface area contributed by atoms with Crippen LogP contribution in [-0.2, 0) is 28.7 Å². The molecule has 9 nitrogen and oxygen atoms in total. The summed E-state index contributed by atoms with van der Waals surface area (Å²) in [5, 5.41) is 29.5. The molecule has 0 heterocycles. The number of carbonyl (C=O) groups is 4. The van der Waals surface area contributed by atoms with E-state index in [1.807, 2.05) is 0 Å². The Morgan fingerprint density at radius 2 is 0.438 bits per heavy atom. The van der Waals surface area contributed by atoms with Gasteiger partial charge in [0, 0.05) is 11.1 Å². The fourth-order valence-electron chi connectivity index (χ4n) is 12.3. The quantitative estimate of drug-likeness (QED) is 0.0308. The van der Waals surface area contributed by atoms with E-state index >= 15 is 0 Å². The molecule has 0 spiro atoms. The summed E-state index contributed by atoms with van der Waals surface area (Å²) in [6.07, 6.45) is 70.1. The van der Waals surface area contributed by atoms with Crippen molar-refractivity contribution in [1.29, 1.82) is 0 Å². The summed E-state index contributed by atoms with van der Waals surface area (Å²) >= 11 is 0. The van der Waals surface area contributed by atoms with Gasteiger partial charge in [0.25, 0.3) is 0 Å². The van der Waals surface area contributed by atoms with Gasteiger partial charge in [0.05, 0.1) is 19.6 Å². The zero-order valence-corrected chi connectivity index (χ0v) is 60.8. The van der Waals surface area contributed by atoms with E-state index in [1.54, 1.807) is 0 Å². The molecule has 0 fully saturated rings. The number of aliphatic carboxylic acids is 2. The predicted octanol–water partition coefficient (Wildman–Crippen LogP) is 25.5. The van der Waals surface area contributed by atoms with Gasteiger partial charge in [-0.2, -0.15) is 0 Å². The normalized spacial score (nSPS) is 12.3. The van der Waals surface area contributed by atoms with E-state index in [4.69, 9.17) is 9.47 Å². The van der Waals surface area contributed by atoms with Crippen molar-refractivity contribution in [3.05, 3.63) is 11.1 Å². The first-order valence-corrected chi connectivity index (χ1v) is 39.3. The molecule has 0 aromatic heterocycles. The minimum absolute atomic E-state index is 0.140. The Bertz CT molecular complexity index is 1490. The second-order valence-electron chi connectivity index (χ2n) is 29.3. The molecule has 0 saturated carbocycles. The van der Waals surface area contributed by atoms with Crippen molar-refractivity contribution in [3.8, 4) is 0 Å². The van der Waals surface area contributed by atoms with E-state index in [1.165, 1.54) is 289 Å². The Kier molecular flexibility index (Phi) is 69.6. The number of rotatable bonds is 69. The van der Waals surface area contributed by atoms with Gasteiger partial charge in [-0.05, 0) is 62.2 Å². The highest BCUT2D eigenvalue weighted by Gasteiger charge is 2.22. The molecule has 0 amide bonds. The van der Waals surface area contributed by atoms with Crippen molar-refractivity contribution < 1.29 is 44.0 Å². The van der Waals surface area contributed by atoms with Gasteiger partial charge in [-0.1, -0.05) is 389 Å². The average Bonchev–Trinajstić information content (AvgIpc) is 3.69. The first-order chi connectivity index (χ1) is 43.1. The standard InChI is InChI=1S/C40H78O5.C40H76O4/c1-36(2)31-27-23-19-15-11-7-5-9-13-17-21-25-29-33-44-39(42)35-38(41)40(43)45-34-30-26-22-18-14-10-6-8-12-16-20-24-28-32-37(3)4;1-35(2)31-27-23-19-15-11-7-5-9-13-17-21-25-29-33-37(39(41)42)38(40(43)44)34-30-26-22-18-14-10-6-8-12-16-20-24-28-32-36(3)4/h36-38,41H,5-35H2,1-4H3;35-36H,5-34H2,1-4H3,(H,41,42)(H,43,44)/b;38-37-. The summed E-state index contributed by atoms with van der Waals surface area (Å²) in [5.41, 5.74) is 0.281. The number of hydrogen-bond acceptors (Lipinski definition) is 7. The van der Waals surface area contributed by atoms with Gasteiger partial charge in [0.15, 0.2) is 6.10 Å². The molecule has 0 aromatic carbocycles. The number of esters is 2. The summed E-state index contributed by atoms with van der Waals surface area (Å²) < 4.78 is 10.4. The molecule has 3 N–H and O–H groups in total. The van der Waals surface area contributed by atoms with Gasteiger partial charge in [0.1, 0.15) is 0 Å². The fourth-order valence-corrected chi connectivity index (χ4v) is 12.3. The molecule has 9 heteroatoms. The molecule has 528 valence electrons. The summed E-state index contributed by atoms with van der Waals surface area (Å²) in [6.45, 7) is 19.1. The number of carboxylic acids is 2. The van der Waals surface area contributed by atoms with Crippen LogP contribution in [-0.4, -0.2) is 58.5 Å². The van der Waals surface area contributed by atoms with Crippen molar-refractivity contribution in [3.63, 3.8) is 0 Å². The number of hydrogen-bond donors (Lipinski definition) is 3. The summed E-state index contributed by atoms with van der Waals surface area (Å²) in [4.78, 5) is 47.7. The highest BCUT2D eigenvalue weighted by Crippen LogP contribution is 2.24. The van der Waals surface area contributed by atoms with Crippen LogP contribution in [0.1, 0.15) is 434 Å². The third kappa shape index (κ3) is 71.3. The lowest BCUT2D eigenvalue weighted by Crippen LogP contribution is -2.27. The molecule has 89 heavy (non-hydrogen) atoms. The molecule has 0 aliphatic heterocycles. The molecular weight excluding hydrogens is 1100 g/mol. The second kappa shape index (κ2) is 69.9. The zero-order valence-electron chi connectivity index (χ0n) is 60.8. The molecule has 1 atom stereocenters. The molecule has 0 aliphatic rings. The maximum Gasteiger partial charge on any atom is 0.335 e. The van der Waals surface area contributed by atoms with Gasteiger partial charge in [-0.25, -0.2) is 14.4 Å². The lowest BCUT2D eigenvalue weighted by Gasteiger charge is -2.11. The van der Waals surface area contributed by atoms with E-state index in [2.05, 4.69) is 55.4 Å². The third-order valence-corrected chi connectivity index (χ3v) is 18.3. The number of aliphatic hydroxyl groups excluding tert-OH is 1. The Hall–Kier alpha value is -2.42. The van der Waals surface area contributed by atoms with Crippen LogP contribution in [0, 0.1) is 23.7 Å². The van der Waals surface area contributed by atoms with Gasteiger partial charge < -0.3 is 24.8 Å². The first-order valence-electron chi connectivity index (χ1n) is 39.3. The lowest BCUT2D eigenvalue weighted by molar-refractivity contribution is -0.160. The van der Waals surface area contributed by atoms with Crippen LogP contribution < -0.4 is 0 Å². The van der Waals surface area contributed by atoms with Gasteiger partial charge in [0.2, 0.25) is 0 Å². The summed E-state index contributed by atoms with van der Waals surface area (Å²) in [6, 6.07) is 0. The van der Waals surface area contributed by atoms with E-state index in [0.29, 0.717) is 26.1 Å². The van der Waals surface area contributed by atoms with Gasteiger partial charge >= 0.3 is 23.9 Å². The van der Waals surface area contributed by atoms with Gasteiger partial charge in [-0.3, -0.25) is 4.79 Å². The highest BCUT2D eigenvalue weighted by atomic mass is 16.6. The van der Waals surface area contributed by atoms with Crippen LogP contribution in [0.25, 0.3) is 0 Å². The molecule has 0 aliphatic carbocycles. The minimum atomic E-state index is -1.43. The Balaban J connectivity index is 0. The SMILES string of the molecule is CC(C)CCCCCCCCCCCCCCC/C(C(=O)O)=C(\CCCCCCCCCCCCCCCC(C)C)C(=O)O.CC(C)CCCCCCCCCCCCCCCOC(=O)CC(O)C(=O)OCCCCCCCCCCCCCCCC(C)C. The first kappa shape index (κ1) is 88.6. The fraction of sp³-hybridized carbons (Fsp3) is 0.925. The van der Waals surface area contributed by atoms with Crippen LogP contribution in [0.15, 0.2) is 11.1 Å². The largest absolute Gasteiger partial charge is 0.478 e. The van der Waals surface area contributed by atoms with Crippen LogP contribution in [0.5, 0.6) is 0 Å². The monoisotopic (exact) mass is 1260 g/mol. The topological polar surface area (TPSA) is 147 Å². The smallest absolute Gasteiger partial charge is 0.335 e. The van der Waals surface area contributed by atoms with Crippen LogP contribution >= 0.6 is 0 Å². The molecular formula is C80H154O9. The minimum Gasteiger partial charge on any atom is -0.478 e. The Labute approximate surface area is 553 Å². The molecule has 0 aromatic rings. The number of unbranched alkanes of at least 4 members (excludes halogenated alkanes) is 48. The Morgan fingerprint density at radius 1 is 0.258 bits per heavy atom. The molecule has 1 unspecified atom stereocenters. The maximum atomic E-state index is 12.0. The van der Waals surface area contributed by atoms with Crippen LogP contribution in [0.4, 0.5) is 0 Å². The number of carboxylic acid groups (broad SMARTS) is 2. The summed E-state index contributed by atoms with van der Waals surface area (Å²) in [5.74, 6) is 0.0414. The molecule has 0 rings (SSSR count). The number of carbonyl (C=O) groups excluding carboxylic acids is 2. The van der Waals surface area contributed by atoms with Crippen LogP contribution in [0.3, 0.4) is 0 Å². The summed E-state index contributed by atoms with van der Waals surface area (Å²) in [7, 11) is 0. The van der Waals surface area contributed by atoms with E-state index < -0.39 is 30.0 Å². The van der Waals surface area contributed by atoms with Crippen molar-refractivity contribution in [2.45, 2.75) is 440 Å². The predicted molar refractivity (Wildman–Crippen MR) is 382 cm³/mol. The molecule has 0 radical (unpaired) electrons. The number of ether oxygens (including phenoxy) is 2. The highest BCUT2D eigenvalue weighted by molar-refractivity contribution is 5.98. The molecule has 0 bridgehead atoms. The van der Waals surface area contributed by atoms with E-state index in [9.17, 15) is 34.5 Å². The van der Waals surface area contributed by atoms with E-state index in [0.717, 1.165) is 94.3 Å². The van der Waals surface area contributed by atoms with Crippen molar-refractivity contribution >= 4 is 23.9 Å². The van der Waals surface area contributed by atoms with Crippen molar-refractivity contribution in [2.24, 2.45) is 23.7 Å². The van der Waals surface area contributed by atoms with Crippen molar-refractivity contribution in [2.75, 3.05) is 13.2 Å². The zero-order chi connectivity index (χ0) is 65.9. The Morgan fingerprint density at radius 3 is 0.640 bits per heavy atom. The number of aliphatic hydroxyl groups is 1. The van der Waals surface area contributed by atoms with Crippen LogP contribution in [0.2, 0.25) is 0 Å². The average molecular weight is 1260 g/mol. The lowest BCUT2D eigenvalue weighted by atomic mass is 9.96.